The summed E-state index contributed by atoms with van der Waals surface area (Å²) >= 11 is 0. The topological polar surface area (TPSA) is 85.2 Å². The summed E-state index contributed by atoms with van der Waals surface area (Å²) in [5, 5.41) is 24.6. The summed E-state index contributed by atoms with van der Waals surface area (Å²) in [5.74, 6) is 0.374. The lowest BCUT2D eigenvalue weighted by atomic mass is 10.1. The lowest BCUT2D eigenvalue weighted by Crippen LogP contribution is -2.34. The summed E-state index contributed by atoms with van der Waals surface area (Å²) < 4.78 is 0. The maximum atomic E-state index is 11.4. The average Bonchev–Trinajstić information content (AvgIpc) is 3.31. The Bertz CT molecular complexity index is 489. The number of carbonyl (C=O) groups excluding carboxylic acids is 1. The molecule has 1 aromatic rings. The summed E-state index contributed by atoms with van der Waals surface area (Å²) in [7, 11) is 0. The van der Waals surface area contributed by atoms with Crippen LogP contribution in [0, 0.1) is 17.2 Å². The van der Waals surface area contributed by atoms with Crippen LogP contribution < -0.4 is 10.6 Å². The lowest BCUT2D eigenvalue weighted by Gasteiger charge is -2.12. The molecule has 5 heteroatoms. The Labute approximate surface area is 118 Å². The number of nitrogens with zero attached hydrogens (tertiary/aromatic N) is 1. The van der Waals surface area contributed by atoms with E-state index in [1.807, 2.05) is 6.07 Å². The van der Waals surface area contributed by atoms with Crippen LogP contribution in [0.25, 0.3) is 0 Å². The molecule has 1 unspecified atom stereocenters. The second-order valence-electron chi connectivity index (χ2n) is 5.02. The van der Waals surface area contributed by atoms with Gasteiger partial charge in [0.15, 0.2) is 0 Å². The zero-order valence-corrected chi connectivity index (χ0v) is 11.3. The minimum absolute atomic E-state index is 0.138. The van der Waals surface area contributed by atoms with Gasteiger partial charge in [0.1, 0.15) is 0 Å². The Hall–Kier alpha value is -1.90. The molecule has 0 saturated heterocycles. The second kappa shape index (κ2) is 7.04. The molecule has 5 nitrogen and oxygen atoms in total. The van der Waals surface area contributed by atoms with Gasteiger partial charge in [0, 0.05) is 25.6 Å². The number of aliphatic hydroxyl groups is 1. The first-order chi connectivity index (χ1) is 9.70. The molecule has 1 amide bonds. The van der Waals surface area contributed by atoms with Crippen LogP contribution in [-0.4, -0.2) is 30.6 Å². The van der Waals surface area contributed by atoms with Gasteiger partial charge in [-0.1, -0.05) is 12.1 Å². The Kier molecular flexibility index (Phi) is 5.10. The fourth-order valence-corrected chi connectivity index (χ4v) is 1.90. The third-order valence-electron chi connectivity index (χ3n) is 3.31. The van der Waals surface area contributed by atoms with Crippen molar-refractivity contribution >= 4 is 5.91 Å². The highest BCUT2D eigenvalue weighted by Gasteiger charge is 2.28. The van der Waals surface area contributed by atoms with Crippen LogP contribution in [0.1, 0.15) is 30.1 Å². The zero-order chi connectivity index (χ0) is 14.4. The second-order valence-corrected chi connectivity index (χ2v) is 5.02. The molecule has 1 aliphatic rings. The Balaban J connectivity index is 1.62. The van der Waals surface area contributed by atoms with Crippen molar-refractivity contribution in [3.05, 3.63) is 35.4 Å². The molecule has 0 spiro atoms. The SMILES string of the molecule is N#Cc1ccc(C(O)CNCCNC(=O)C2CC2)cc1. The largest absolute Gasteiger partial charge is 0.387 e. The highest BCUT2D eigenvalue weighted by Crippen LogP contribution is 2.28. The molecule has 1 aliphatic carbocycles. The van der Waals surface area contributed by atoms with Crippen molar-refractivity contribution in [1.29, 1.82) is 5.26 Å². The fraction of sp³-hybridized carbons (Fsp3) is 0.467. The molecule has 0 aromatic heterocycles. The van der Waals surface area contributed by atoms with E-state index in [9.17, 15) is 9.90 Å². The Morgan fingerprint density at radius 1 is 1.35 bits per heavy atom. The molecule has 20 heavy (non-hydrogen) atoms. The van der Waals surface area contributed by atoms with Crippen LogP contribution in [0.5, 0.6) is 0 Å². The number of amides is 1. The number of rotatable bonds is 7. The van der Waals surface area contributed by atoms with E-state index in [-0.39, 0.29) is 11.8 Å². The number of aliphatic hydroxyl groups excluding tert-OH is 1. The summed E-state index contributed by atoms with van der Waals surface area (Å²) in [6.07, 6.45) is 1.41. The van der Waals surface area contributed by atoms with Gasteiger partial charge in [-0.2, -0.15) is 5.26 Å². The van der Waals surface area contributed by atoms with Crippen LogP contribution in [0.4, 0.5) is 0 Å². The van der Waals surface area contributed by atoms with E-state index in [4.69, 9.17) is 5.26 Å². The van der Waals surface area contributed by atoms with Gasteiger partial charge in [0.25, 0.3) is 0 Å². The Morgan fingerprint density at radius 2 is 2.05 bits per heavy atom. The first-order valence-corrected chi connectivity index (χ1v) is 6.87. The highest BCUT2D eigenvalue weighted by molar-refractivity contribution is 5.80. The molecule has 0 bridgehead atoms. The number of nitriles is 1. The fourth-order valence-electron chi connectivity index (χ4n) is 1.90. The molecule has 1 aromatic carbocycles. The Morgan fingerprint density at radius 3 is 2.65 bits per heavy atom. The van der Waals surface area contributed by atoms with E-state index >= 15 is 0 Å². The van der Waals surface area contributed by atoms with Crippen LogP contribution in [0.15, 0.2) is 24.3 Å². The van der Waals surface area contributed by atoms with Gasteiger partial charge in [-0.3, -0.25) is 4.79 Å². The molecule has 1 atom stereocenters. The molecular weight excluding hydrogens is 254 g/mol. The van der Waals surface area contributed by atoms with Crippen molar-refractivity contribution < 1.29 is 9.90 Å². The number of hydrogen-bond donors (Lipinski definition) is 3. The van der Waals surface area contributed by atoms with Gasteiger partial charge >= 0.3 is 0 Å². The van der Waals surface area contributed by atoms with Crippen LogP contribution in [0.2, 0.25) is 0 Å². The monoisotopic (exact) mass is 273 g/mol. The predicted octanol–water partition coefficient (Wildman–Crippen LogP) is 0.707. The third kappa shape index (κ3) is 4.34. The molecule has 106 valence electrons. The lowest BCUT2D eigenvalue weighted by molar-refractivity contribution is -0.122. The van der Waals surface area contributed by atoms with E-state index in [0.717, 1.165) is 18.4 Å². The van der Waals surface area contributed by atoms with Crippen molar-refractivity contribution in [3.8, 4) is 6.07 Å². The molecule has 1 saturated carbocycles. The van der Waals surface area contributed by atoms with Crippen molar-refractivity contribution in [1.82, 2.24) is 10.6 Å². The van der Waals surface area contributed by atoms with Crippen molar-refractivity contribution in [2.45, 2.75) is 18.9 Å². The molecule has 0 aliphatic heterocycles. The van der Waals surface area contributed by atoms with Gasteiger partial charge < -0.3 is 15.7 Å². The number of hydrogen-bond acceptors (Lipinski definition) is 4. The normalized spacial score (nSPS) is 15.4. The van der Waals surface area contributed by atoms with E-state index in [0.29, 0.717) is 25.2 Å². The maximum Gasteiger partial charge on any atom is 0.223 e. The third-order valence-corrected chi connectivity index (χ3v) is 3.31. The molecule has 0 radical (unpaired) electrons. The average molecular weight is 273 g/mol. The minimum atomic E-state index is -0.609. The van der Waals surface area contributed by atoms with Gasteiger partial charge in [0.2, 0.25) is 5.91 Å². The molecular formula is C15H19N3O2. The molecule has 2 rings (SSSR count). The highest BCUT2D eigenvalue weighted by atomic mass is 16.3. The number of benzene rings is 1. The smallest absolute Gasteiger partial charge is 0.223 e. The number of carbonyl (C=O) groups is 1. The summed E-state index contributed by atoms with van der Waals surface area (Å²) in [4.78, 5) is 11.4. The van der Waals surface area contributed by atoms with Crippen LogP contribution in [-0.2, 0) is 4.79 Å². The summed E-state index contributed by atoms with van der Waals surface area (Å²) in [6.45, 7) is 1.63. The van der Waals surface area contributed by atoms with E-state index in [2.05, 4.69) is 10.6 Å². The zero-order valence-electron chi connectivity index (χ0n) is 11.3. The standard InChI is InChI=1S/C15H19N3O2/c16-9-11-1-3-12(4-2-11)14(19)10-17-7-8-18-15(20)13-5-6-13/h1-4,13-14,17,19H,5-8,10H2,(H,18,20). The number of nitrogens with one attached hydrogen (secondary N) is 2. The maximum absolute atomic E-state index is 11.4. The van der Waals surface area contributed by atoms with Gasteiger partial charge in [0.05, 0.1) is 17.7 Å². The van der Waals surface area contributed by atoms with Gasteiger partial charge in [-0.25, -0.2) is 0 Å². The van der Waals surface area contributed by atoms with Crippen LogP contribution >= 0.6 is 0 Å². The van der Waals surface area contributed by atoms with Gasteiger partial charge in [-0.05, 0) is 30.5 Å². The first kappa shape index (κ1) is 14.5. The molecule has 3 N–H and O–H groups in total. The van der Waals surface area contributed by atoms with E-state index < -0.39 is 6.10 Å². The molecule has 0 heterocycles. The minimum Gasteiger partial charge on any atom is -0.387 e. The summed E-state index contributed by atoms with van der Waals surface area (Å²) in [5.41, 5.74) is 1.36. The molecule has 1 fully saturated rings. The quantitative estimate of drug-likeness (QED) is 0.639. The van der Waals surface area contributed by atoms with Crippen molar-refractivity contribution in [2.24, 2.45) is 5.92 Å². The van der Waals surface area contributed by atoms with Crippen molar-refractivity contribution in [3.63, 3.8) is 0 Å². The van der Waals surface area contributed by atoms with Gasteiger partial charge in [-0.15, -0.1) is 0 Å². The first-order valence-electron chi connectivity index (χ1n) is 6.87. The predicted molar refractivity (Wildman–Crippen MR) is 74.7 cm³/mol. The van der Waals surface area contributed by atoms with E-state index in [1.54, 1.807) is 24.3 Å². The summed E-state index contributed by atoms with van der Waals surface area (Å²) in [6, 6.07) is 8.92. The van der Waals surface area contributed by atoms with Crippen LogP contribution in [0.3, 0.4) is 0 Å². The van der Waals surface area contributed by atoms with Crippen molar-refractivity contribution in [2.75, 3.05) is 19.6 Å². The van der Waals surface area contributed by atoms with E-state index in [1.165, 1.54) is 0 Å².